The maximum atomic E-state index is 10.9. The van der Waals surface area contributed by atoms with Crippen LogP contribution < -0.4 is 0 Å². The SMILES string of the molecule is OC(CN1CCN(CCCc2ccccc2)CC1)Cn1c2ccccc2c2ccccc21. The van der Waals surface area contributed by atoms with Crippen molar-refractivity contribution in [1.29, 1.82) is 0 Å². The maximum absolute atomic E-state index is 10.9. The number of aliphatic hydroxyl groups is 1. The smallest absolute Gasteiger partial charge is 0.0845 e. The maximum Gasteiger partial charge on any atom is 0.0845 e. The Bertz CT molecular complexity index is 1090. The number of hydrogen-bond donors (Lipinski definition) is 1. The van der Waals surface area contributed by atoms with Gasteiger partial charge in [-0.2, -0.15) is 0 Å². The Labute approximate surface area is 190 Å². The minimum Gasteiger partial charge on any atom is -0.390 e. The first-order valence-corrected chi connectivity index (χ1v) is 11.9. The Balaban J connectivity index is 1.14. The lowest BCUT2D eigenvalue weighted by atomic mass is 10.1. The van der Waals surface area contributed by atoms with Crippen molar-refractivity contribution in [2.24, 2.45) is 0 Å². The van der Waals surface area contributed by atoms with Gasteiger partial charge in [0.15, 0.2) is 0 Å². The highest BCUT2D eigenvalue weighted by Gasteiger charge is 2.20. The van der Waals surface area contributed by atoms with Gasteiger partial charge in [-0.15, -0.1) is 0 Å². The summed E-state index contributed by atoms with van der Waals surface area (Å²) in [5.74, 6) is 0. The molecule has 4 aromatic rings. The zero-order chi connectivity index (χ0) is 21.8. The van der Waals surface area contributed by atoms with E-state index in [2.05, 4.69) is 93.2 Å². The third-order valence-electron chi connectivity index (χ3n) is 6.79. The van der Waals surface area contributed by atoms with Crippen LogP contribution >= 0.6 is 0 Å². The predicted octanol–water partition coefficient (Wildman–Crippen LogP) is 4.41. The molecule has 1 aromatic heterocycles. The highest BCUT2D eigenvalue weighted by Crippen LogP contribution is 2.28. The van der Waals surface area contributed by atoms with Crippen molar-refractivity contribution >= 4 is 21.8 Å². The first-order chi connectivity index (χ1) is 15.8. The number of fused-ring (bicyclic) bond motifs is 3. The van der Waals surface area contributed by atoms with Crippen molar-refractivity contribution in [2.75, 3.05) is 39.3 Å². The summed E-state index contributed by atoms with van der Waals surface area (Å²) in [4.78, 5) is 4.99. The fraction of sp³-hybridized carbons (Fsp3) is 0.357. The number of β-amino-alcohol motifs (C(OH)–C–C–N with tert-alkyl or cyclic N) is 1. The van der Waals surface area contributed by atoms with E-state index in [9.17, 15) is 5.11 Å². The van der Waals surface area contributed by atoms with Gasteiger partial charge in [0.2, 0.25) is 0 Å². The average molecular weight is 428 g/mol. The number of benzene rings is 3. The van der Waals surface area contributed by atoms with Gasteiger partial charge in [0, 0.05) is 54.5 Å². The van der Waals surface area contributed by atoms with Crippen LogP contribution in [0.3, 0.4) is 0 Å². The fourth-order valence-electron chi connectivity index (χ4n) is 5.11. The first-order valence-electron chi connectivity index (χ1n) is 11.9. The molecule has 0 saturated carbocycles. The molecule has 0 radical (unpaired) electrons. The second-order valence-electron chi connectivity index (χ2n) is 9.03. The summed E-state index contributed by atoms with van der Waals surface area (Å²) in [7, 11) is 0. The van der Waals surface area contributed by atoms with Gasteiger partial charge >= 0.3 is 0 Å². The van der Waals surface area contributed by atoms with E-state index in [1.54, 1.807) is 0 Å². The molecule has 0 spiro atoms. The molecule has 1 atom stereocenters. The van der Waals surface area contributed by atoms with Crippen LogP contribution in [0.1, 0.15) is 12.0 Å². The molecule has 0 aliphatic carbocycles. The van der Waals surface area contributed by atoms with E-state index in [1.165, 1.54) is 33.8 Å². The number of nitrogens with zero attached hydrogens (tertiary/aromatic N) is 3. The lowest BCUT2D eigenvalue weighted by Crippen LogP contribution is -2.49. The molecule has 1 N–H and O–H groups in total. The monoisotopic (exact) mass is 427 g/mol. The molecular formula is C28H33N3O. The summed E-state index contributed by atoms with van der Waals surface area (Å²) < 4.78 is 2.29. The molecule has 166 valence electrons. The number of piperazine rings is 1. The summed E-state index contributed by atoms with van der Waals surface area (Å²) in [5, 5.41) is 13.5. The first kappa shape index (κ1) is 21.2. The van der Waals surface area contributed by atoms with Crippen LogP contribution in [0.4, 0.5) is 0 Å². The van der Waals surface area contributed by atoms with E-state index in [0.29, 0.717) is 6.54 Å². The fourth-order valence-corrected chi connectivity index (χ4v) is 5.11. The van der Waals surface area contributed by atoms with Crippen LogP contribution in [-0.4, -0.2) is 64.8 Å². The van der Waals surface area contributed by atoms with Crippen molar-refractivity contribution in [3.8, 4) is 0 Å². The van der Waals surface area contributed by atoms with Crippen LogP contribution in [0.2, 0.25) is 0 Å². The van der Waals surface area contributed by atoms with Crippen LogP contribution in [-0.2, 0) is 13.0 Å². The molecule has 4 nitrogen and oxygen atoms in total. The Morgan fingerprint density at radius 3 is 1.88 bits per heavy atom. The van der Waals surface area contributed by atoms with Crippen molar-refractivity contribution in [1.82, 2.24) is 14.4 Å². The molecule has 3 aromatic carbocycles. The quantitative estimate of drug-likeness (QED) is 0.452. The van der Waals surface area contributed by atoms with E-state index in [4.69, 9.17) is 0 Å². The summed E-state index contributed by atoms with van der Waals surface area (Å²) in [6, 6.07) is 27.8. The van der Waals surface area contributed by atoms with Gasteiger partial charge in [-0.3, -0.25) is 4.90 Å². The lowest BCUT2D eigenvalue weighted by Gasteiger charge is -2.35. The Hall–Kier alpha value is -2.66. The van der Waals surface area contributed by atoms with E-state index in [-0.39, 0.29) is 6.10 Å². The van der Waals surface area contributed by atoms with Crippen LogP contribution in [0.15, 0.2) is 78.9 Å². The molecule has 0 bridgehead atoms. The van der Waals surface area contributed by atoms with Crippen molar-refractivity contribution in [3.63, 3.8) is 0 Å². The van der Waals surface area contributed by atoms with E-state index in [1.807, 2.05) is 0 Å². The highest BCUT2D eigenvalue weighted by molar-refractivity contribution is 6.07. The second kappa shape index (κ2) is 9.86. The van der Waals surface area contributed by atoms with Crippen molar-refractivity contribution < 1.29 is 5.11 Å². The van der Waals surface area contributed by atoms with Crippen molar-refractivity contribution in [2.45, 2.75) is 25.5 Å². The van der Waals surface area contributed by atoms with E-state index < -0.39 is 0 Å². The Morgan fingerprint density at radius 2 is 1.22 bits per heavy atom. The van der Waals surface area contributed by atoms with Crippen LogP contribution in [0.25, 0.3) is 21.8 Å². The zero-order valence-corrected chi connectivity index (χ0v) is 18.7. The Morgan fingerprint density at radius 1 is 0.656 bits per heavy atom. The minimum absolute atomic E-state index is 0.376. The normalized spacial score (nSPS) is 16.7. The summed E-state index contributed by atoms with van der Waals surface area (Å²) >= 11 is 0. The van der Waals surface area contributed by atoms with Crippen LogP contribution in [0.5, 0.6) is 0 Å². The molecule has 0 amide bonds. The van der Waals surface area contributed by atoms with E-state index in [0.717, 1.165) is 45.7 Å². The van der Waals surface area contributed by atoms with Gasteiger partial charge in [0.05, 0.1) is 12.6 Å². The summed E-state index contributed by atoms with van der Waals surface area (Å²) in [6.45, 7) is 6.79. The van der Waals surface area contributed by atoms with E-state index >= 15 is 0 Å². The second-order valence-corrected chi connectivity index (χ2v) is 9.03. The molecule has 2 heterocycles. The lowest BCUT2D eigenvalue weighted by molar-refractivity contribution is 0.0653. The molecule has 1 aliphatic heterocycles. The molecule has 5 rings (SSSR count). The molecular weight excluding hydrogens is 394 g/mol. The third kappa shape index (κ3) is 4.73. The number of para-hydroxylation sites is 2. The summed E-state index contributed by atoms with van der Waals surface area (Å²) in [5.41, 5.74) is 3.84. The minimum atomic E-state index is -0.376. The molecule has 4 heteroatoms. The van der Waals surface area contributed by atoms with Gasteiger partial charge in [-0.1, -0.05) is 66.7 Å². The number of aryl methyl sites for hydroxylation is 1. The molecule has 1 unspecified atom stereocenters. The van der Waals surface area contributed by atoms with Gasteiger partial charge in [-0.25, -0.2) is 0 Å². The molecule has 32 heavy (non-hydrogen) atoms. The Kier molecular flexibility index (Phi) is 6.54. The number of aromatic nitrogens is 1. The van der Waals surface area contributed by atoms with Crippen molar-refractivity contribution in [3.05, 3.63) is 84.4 Å². The molecule has 1 aliphatic rings. The molecule has 1 fully saturated rings. The van der Waals surface area contributed by atoms with Crippen LogP contribution in [0, 0.1) is 0 Å². The standard InChI is InChI=1S/C28H33N3O/c32-24(22-31-27-14-6-4-12-25(27)26-13-5-7-15-28(26)31)21-30-19-17-29(18-20-30)16-8-11-23-9-2-1-3-10-23/h1-7,9-10,12-15,24,32H,8,11,16-22H2. The topological polar surface area (TPSA) is 31.6 Å². The van der Waals surface area contributed by atoms with Gasteiger partial charge in [-0.05, 0) is 37.1 Å². The van der Waals surface area contributed by atoms with Gasteiger partial charge < -0.3 is 14.6 Å². The zero-order valence-electron chi connectivity index (χ0n) is 18.7. The average Bonchev–Trinajstić information content (AvgIpc) is 3.15. The number of rotatable bonds is 8. The summed E-state index contributed by atoms with van der Waals surface area (Å²) in [6.07, 6.45) is 1.98. The van der Waals surface area contributed by atoms with Gasteiger partial charge in [0.1, 0.15) is 0 Å². The third-order valence-corrected chi connectivity index (χ3v) is 6.79. The highest BCUT2D eigenvalue weighted by atomic mass is 16.3. The predicted molar refractivity (Wildman–Crippen MR) is 133 cm³/mol. The number of aliphatic hydroxyl groups excluding tert-OH is 1. The number of hydrogen-bond acceptors (Lipinski definition) is 3. The molecule has 1 saturated heterocycles. The largest absolute Gasteiger partial charge is 0.390 e. The van der Waals surface area contributed by atoms with Gasteiger partial charge in [0.25, 0.3) is 0 Å².